The van der Waals surface area contributed by atoms with Gasteiger partial charge in [-0.25, -0.2) is 9.59 Å². The van der Waals surface area contributed by atoms with Crippen molar-refractivity contribution in [3.8, 4) is 5.69 Å². The molecule has 5 nitrogen and oxygen atoms in total. The summed E-state index contributed by atoms with van der Waals surface area (Å²) in [5.74, 6) is -2.32. The first-order chi connectivity index (χ1) is 13.3. The molecule has 0 atom stereocenters. The van der Waals surface area contributed by atoms with Gasteiger partial charge in [0.15, 0.2) is 0 Å². The van der Waals surface area contributed by atoms with E-state index in [2.05, 4.69) is 0 Å². The molecule has 1 aromatic heterocycles. The van der Waals surface area contributed by atoms with Crippen molar-refractivity contribution in [3.63, 3.8) is 0 Å². The van der Waals surface area contributed by atoms with Gasteiger partial charge in [-0.05, 0) is 62.6 Å². The van der Waals surface area contributed by atoms with Crippen LogP contribution >= 0.6 is 23.2 Å². The molecule has 1 aliphatic carbocycles. The van der Waals surface area contributed by atoms with Crippen LogP contribution in [-0.2, 0) is 19.1 Å². The first-order valence-electron chi connectivity index (χ1n) is 9.12. The Morgan fingerprint density at radius 1 is 1.00 bits per heavy atom. The maximum Gasteiger partial charge on any atom is 0.348 e. The molecule has 1 aromatic carbocycles. The molecule has 1 saturated heterocycles. The number of carbonyl (C=O) groups is 2. The molecule has 1 spiro atoms. The van der Waals surface area contributed by atoms with Gasteiger partial charge in [-0.2, -0.15) is 0 Å². The lowest BCUT2D eigenvalue weighted by atomic mass is 10.1. The Balaban J connectivity index is 1.70. The number of ether oxygens (including phenoxy) is 2. The molecule has 7 heteroatoms. The highest BCUT2D eigenvalue weighted by molar-refractivity contribution is 6.42. The zero-order chi connectivity index (χ0) is 20.1. The largest absolute Gasteiger partial charge is 0.419 e. The highest BCUT2D eigenvalue weighted by Crippen LogP contribution is 2.39. The number of aryl methyl sites for hydroxylation is 1. The van der Waals surface area contributed by atoms with Gasteiger partial charge in [0.2, 0.25) is 0 Å². The number of aromatic nitrogens is 1. The van der Waals surface area contributed by atoms with Crippen LogP contribution in [0.25, 0.3) is 11.8 Å². The van der Waals surface area contributed by atoms with Gasteiger partial charge >= 0.3 is 11.9 Å². The number of halogens is 2. The summed E-state index contributed by atoms with van der Waals surface area (Å²) in [5.41, 5.74) is 3.26. The summed E-state index contributed by atoms with van der Waals surface area (Å²) >= 11 is 12.2. The standard InChI is InChI=1S/C21H19Cl2NO4/c1-12-9-14(13(2)24(12)15-5-6-17(22)18(23)11-15)10-16-19(25)27-21(28-20(16)26)7-3-4-8-21/h5-6,9-11H,3-4,7-8H2,1-2H3. The second-order valence-electron chi connectivity index (χ2n) is 7.22. The quantitative estimate of drug-likeness (QED) is 0.383. The Labute approximate surface area is 172 Å². The van der Waals surface area contributed by atoms with Crippen LogP contribution in [0.2, 0.25) is 10.0 Å². The van der Waals surface area contributed by atoms with Crippen molar-refractivity contribution in [3.05, 3.63) is 56.8 Å². The number of nitrogens with zero attached hydrogens (tertiary/aromatic N) is 1. The summed E-state index contributed by atoms with van der Waals surface area (Å²) in [6.45, 7) is 3.84. The first kappa shape index (κ1) is 19.1. The molecular weight excluding hydrogens is 401 g/mol. The Hall–Kier alpha value is -2.24. The number of esters is 2. The van der Waals surface area contributed by atoms with Crippen molar-refractivity contribution < 1.29 is 19.1 Å². The molecule has 28 heavy (non-hydrogen) atoms. The molecule has 2 aromatic rings. The van der Waals surface area contributed by atoms with Crippen LogP contribution in [0.3, 0.4) is 0 Å². The van der Waals surface area contributed by atoms with Gasteiger partial charge in [-0.3, -0.25) is 0 Å². The number of carbonyl (C=O) groups excluding carboxylic acids is 2. The zero-order valence-electron chi connectivity index (χ0n) is 15.6. The maximum atomic E-state index is 12.5. The minimum atomic E-state index is -1.07. The third kappa shape index (κ3) is 3.23. The van der Waals surface area contributed by atoms with Gasteiger partial charge in [0.05, 0.1) is 10.0 Å². The highest BCUT2D eigenvalue weighted by Gasteiger charge is 2.47. The first-order valence-corrected chi connectivity index (χ1v) is 9.88. The molecule has 1 saturated carbocycles. The van der Waals surface area contributed by atoms with Crippen LogP contribution in [0.4, 0.5) is 0 Å². The Kier molecular flexibility index (Phi) is 4.76. The summed E-state index contributed by atoms with van der Waals surface area (Å²) in [6.07, 6.45) is 4.41. The fraction of sp³-hybridized carbons (Fsp3) is 0.333. The third-order valence-corrected chi connectivity index (χ3v) is 6.03. The predicted octanol–water partition coefficient (Wildman–Crippen LogP) is 5.15. The number of hydrogen-bond donors (Lipinski definition) is 0. The van der Waals surface area contributed by atoms with Crippen LogP contribution < -0.4 is 0 Å². The Morgan fingerprint density at radius 2 is 1.64 bits per heavy atom. The summed E-state index contributed by atoms with van der Waals surface area (Å²) < 4.78 is 13.0. The predicted molar refractivity (Wildman–Crippen MR) is 107 cm³/mol. The molecule has 0 unspecified atom stereocenters. The summed E-state index contributed by atoms with van der Waals surface area (Å²) in [5, 5.41) is 0.927. The fourth-order valence-electron chi connectivity index (χ4n) is 3.90. The van der Waals surface area contributed by atoms with Crippen LogP contribution in [0.5, 0.6) is 0 Å². The molecule has 2 heterocycles. The molecule has 2 fully saturated rings. The average molecular weight is 420 g/mol. The summed E-state index contributed by atoms with van der Waals surface area (Å²) in [6, 6.07) is 7.25. The van der Waals surface area contributed by atoms with Crippen molar-refractivity contribution in [1.82, 2.24) is 4.57 Å². The number of rotatable bonds is 2. The topological polar surface area (TPSA) is 57.5 Å². The lowest BCUT2D eigenvalue weighted by Crippen LogP contribution is -2.44. The fourth-order valence-corrected chi connectivity index (χ4v) is 4.19. The van der Waals surface area contributed by atoms with E-state index in [9.17, 15) is 9.59 Å². The minimum Gasteiger partial charge on any atom is -0.419 e. The van der Waals surface area contributed by atoms with Crippen LogP contribution in [-0.4, -0.2) is 22.3 Å². The SMILES string of the molecule is Cc1cc(C=C2C(=O)OC3(CCCC3)OC2=O)c(C)n1-c1ccc(Cl)c(Cl)c1. The molecule has 0 radical (unpaired) electrons. The van der Waals surface area contributed by atoms with Crippen molar-refractivity contribution in [1.29, 1.82) is 0 Å². The van der Waals surface area contributed by atoms with Crippen molar-refractivity contribution in [2.24, 2.45) is 0 Å². The van der Waals surface area contributed by atoms with Gasteiger partial charge in [0.25, 0.3) is 5.79 Å². The van der Waals surface area contributed by atoms with Gasteiger partial charge in [-0.1, -0.05) is 23.2 Å². The van der Waals surface area contributed by atoms with E-state index in [0.717, 1.165) is 35.5 Å². The molecular formula is C21H19Cl2NO4. The molecule has 0 N–H and O–H groups in total. The van der Waals surface area contributed by atoms with E-state index >= 15 is 0 Å². The van der Waals surface area contributed by atoms with E-state index in [0.29, 0.717) is 22.9 Å². The van der Waals surface area contributed by atoms with Gasteiger partial charge < -0.3 is 14.0 Å². The monoisotopic (exact) mass is 419 g/mol. The van der Waals surface area contributed by atoms with Crippen molar-refractivity contribution in [2.75, 3.05) is 0 Å². The second-order valence-corrected chi connectivity index (χ2v) is 8.03. The minimum absolute atomic E-state index is 0.0908. The second kappa shape index (κ2) is 6.98. The molecule has 0 bridgehead atoms. The lowest BCUT2D eigenvalue weighted by Gasteiger charge is -2.32. The van der Waals surface area contributed by atoms with E-state index in [1.807, 2.05) is 30.5 Å². The van der Waals surface area contributed by atoms with Crippen LogP contribution in [0.15, 0.2) is 29.8 Å². The highest BCUT2D eigenvalue weighted by atomic mass is 35.5. The van der Waals surface area contributed by atoms with Crippen molar-refractivity contribution in [2.45, 2.75) is 45.3 Å². The van der Waals surface area contributed by atoms with E-state index < -0.39 is 17.7 Å². The molecule has 146 valence electrons. The van der Waals surface area contributed by atoms with Gasteiger partial charge in [0, 0.05) is 29.9 Å². The summed E-state index contributed by atoms with van der Waals surface area (Å²) in [4.78, 5) is 25.0. The van der Waals surface area contributed by atoms with Gasteiger partial charge in [-0.15, -0.1) is 0 Å². The number of benzene rings is 1. The van der Waals surface area contributed by atoms with E-state index in [1.165, 1.54) is 6.08 Å². The van der Waals surface area contributed by atoms with Gasteiger partial charge in [0.1, 0.15) is 5.57 Å². The molecule has 0 amide bonds. The van der Waals surface area contributed by atoms with E-state index in [1.54, 1.807) is 12.1 Å². The normalized spacial score (nSPS) is 18.4. The molecule has 1 aliphatic heterocycles. The Bertz CT molecular complexity index is 994. The van der Waals surface area contributed by atoms with Crippen molar-refractivity contribution >= 4 is 41.2 Å². The Morgan fingerprint density at radius 3 is 2.25 bits per heavy atom. The summed E-state index contributed by atoms with van der Waals surface area (Å²) in [7, 11) is 0. The van der Waals surface area contributed by atoms with Crippen LogP contribution in [0.1, 0.15) is 42.6 Å². The third-order valence-electron chi connectivity index (χ3n) is 5.29. The zero-order valence-corrected chi connectivity index (χ0v) is 17.1. The average Bonchev–Trinajstić information content (AvgIpc) is 3.18. The lowest BCUT2D eigenvalue weighted by molar-refractivity contribution is -0.232. The van der Waals surface area contributed by atoms with E-state index in [4.69, 9.17) is 32.7 Å². The molecule has 4 rings (SSSR count). The van der Waals surface area contributed by atoms with Crippen LogP contribution in [0, 0.1) is 13.8 Å². The molecule has 2 aliphatic rings. The van der Waals surface area contributed by atoms with E-state index in [-0.39, 0.29) is 5.57 Å². The smallest absolute Gasteiger partial charge is 0.348 e. The maximum absolute atomic E-state index is 12.5. The number of hydrogen-bond acceptors (Lipinski definition) is 4.